The zero-order chi connectivity index (χ0) is 24.4. The molecule has 10 nitrogen and oxygen atoms in total. The van der Waals surface area contributed by atoms with Crippen molar-refractivity contribution in [2.24, 2.45) is 0 Å². The second-order valence-corrected chi connectivity index (χ2v) is 7.66. The zero-order valence-electron chi connectivity index (χ0n) is 18.6. The minimum atomic E-state index is -0.289. The number of hydrogen-bond donors (Lipinski definition) is 2. The van der Waals surface area contributed by atoms with Crippen LogP contribution in [-0.4, -0.2) is 34.0 Å². The topological polar surface area (TPSA) is 120 Å². The first kappa shape index (κ1) is 22.0. The van der Waals surface area contributed by atoms with Crippen molar-refractivity contribution in [3.05, 3.63) is 112 Å². The van der Waals surface area contributed by atoms with E-state index in [0.29, 0.717) is 22.7 Å². The van der Waals surface area contributed by atoms with Gasteiger partial charge in [-0.05, 0) is 35.9 Å². The van der Waals surface area contributed by atoms with E-state index in [1.807, 2.05) is 0 Å². The highest BCUT2D eigenvalue weighted by Crippen LogP contribution is 2.19. The van der Waals surface area contributed by atoms with Crippen LogP contribution in [0.1, 0.15) is 5.56 Å². The summed E-state index contributed by atoms with van der Waals surface area (Å²) < 4.78 is 4.48. The Morgan fingerprint density at radius 2 is 1.77 bits per heavy atom. The third-order valence-corrected chi connectivity index (χ3v) is 5.38. The Morgan fingerprint density at radius 1 is 0.971 bits per heavy atom. The number of hydrogen-bond acceptors (Lipinski definition) is 7. The lowest BCUT2D eigenvalue weighted by Crippen LogP contribution is -2.23. The summed E-state index contributed by atoms with van der Waals surface area (Å²) in [6, 6.07) is 17.2. The van der Waals surface area contributed by atoms with E-state index in [-0.39, 0.29) is 30.2 Å². The van der Waals surface area contributed by atoms with Crippen LogP contribution in [0.3, 0.4) is 0 Å². The molecule has 174 valence electrons. The van der Waals surface area contributed by atoms with Crippen LogP contribution < -0.4 is 16.4 Å². The van der Waals surface area contributed by atoms with Crippen molar-refractivity contribution in [3.63, 3.8) is 0 Å². The van der Waals surface area contributed by atoms with Gasteiger partial charge >= 0.3 is 0 Å². The summed E-state index contributed by atoms with van der Waals surface area (Å²) in [4.78, 5) is 39.0. The maximum atomic E-state index is 13.1. The van der Waals surface area contributed by atoms with Crippen LogP contribution in [0.15, 0.2) is 95.3 Å². The fourth-order valence-electron chi connectivity index (χ4n) is 3.71. The Hall–Kier alpha value is -4.83. The maximum absolute atomic E-state index is 13.1. The molecule has 2 N–H and O–H groups in total. The summed E-state index contributed by atoms with van der Waals surface area (Å²) >= 11 is 0. The Labute approximate surface area is 199 Å². The summed E-state index contributed by atoms with van der Waals surface area (Å²) in [5.74, 6) is 1.10. The number of pyridine rings is 2. The van der Waals surface area contributed by atoms with E-state index in [1.54, 1.807) is 71.6 Å². The average Bonchev–Trinajstić information content (AvgIpc) is 3.16. The molecule has 35 heavy (non-hydrogen) atoms. The third-order valence-electron chi connectivity index (χ3n) is 5.38. The smallest absolute Gasteiger partial charge is 0.278 e. The molecule has 0 aliphatic carbocycles. The standard InChI is InChI=1S/C25H21N7O3/c1-2-13-31-24(35)19-15-26-25(27-18-11-9-17(16-33)10-12-18)29-23(19)32(31)21-7-5-6-20(28-21)30-14-4-3-8-22(30)34/h2-12,14-15,33H,1,13,16H2,(H,26,27,29). The van der Waals surface area contributed by atoms with E-state index in [4.69, 9.17) is 0 Å². The summed E-state index contributed by atoms with van der Waals surface area (Å²) in [5.41, 5.74) is 1.35. The monoisotopic (exact) mass is 467 g/mol. The summed E-state index contributed by atoms with van der Waals surface area (Å²) in [7, 11) is 0. The number of rotatable bonds is 7. The lowest BCUT2D eigenvalue weighted by molar-refractivity contribution is 0.282. The molecule has 0 aliphatic rings. The number of aliphatic hydroxyl groups is 1. The first-order valence-corrected chi connectivity index (χ1v) is 10.8. The van der Waals surface area contributed by atoms with Gasteiger partial charge in [0.15, 0.2) is 11.5 Å². The van der Waals surface area contributed by atoms with E-state index in [2.05, 4.69) is 26.8 Å². The number of nitrogens with one attached hydrogen (secondary N) is 1. The fourth-order valence-corrected chi connectivity index (χ4v) is 3.71. The van der Waals surface area contributed by atoms with Crippen molar-refractivity contribution in [2.45, 2.75) is 13.2 Å². The van der Waals surface area contributed by atoms with Gasteiger partial charge in [0.2, 0.25) is 5.95 Å². The van der Waals surface area contributed by atoms with E-state index in [0.717, 1.165) is 11.3 Å². The molecule has 0 radical (unpaired) electrons. The molecule has 0 amide bonds. The van der Waals surface area contributed by atoms with Gasteiger partial charge < -0.3 is 10.4 Å². The van der Waals surface area contributed by atoms with Gasteiger partial charge in [-0.1, -0.05) is 30.3 Å². The number of allylic oxidation sites excluding steroid dienone is 1. The number of nitrogens with zero attached hydrogens (tertiary/aromatic N) is 6. The number of benzene rings is 1. The molecule has 4 aromatic heterocycles. The molecule has 0 aliphatic heterocycles. The van der Waals surface area contributed by atoms with E-state index in [9.17, 15) is 14.7 Å². The first-order chi connectivity index (χ1) is 17.1. The molecule has 1 aromatic carbocycles. The lowest BCUT2D eigenvalue weighted by Gasteiger charge is -2.12. The minimum Gasteiger partial charge on any atom is -0.392 e. The van der Waals surface area contributed by atoms with Gasteiger partial charge in [0.25, 0.3) is 11.1 Å². The highest BCUT2D eigenvalue weighted by atomic mass is 16.3. The van der Waals surface area contributed by atoms with Gasteiger partial charge in [-0.15, -0.1) is 6.58 Å². The van der Waals surface area contributed by atoms with Crippen molar-refractivity contribution in [1.29, 1.82) is 0 Å². The molecule has 0 saturated heterocycles. The molecule has 0 fully saturated rings. The van der Waals surface area contributed by atoms with E-state index >= 15 is 0 Å². The Morgan fingerprint density at radius 3 is 2.51 bits per heavy atom. The van der Waals surface area contributed by atoms with E-state index < -0.39 is 0 Å². The molecule has 0 saturated carbocycles. The second-order valence-electron chi connectivity index (χ2n) is 7.66. The van der Waals surface area contributed by atoms with Crippen LogP contribution in [-0.2, 0) is 13.2 Å². The predicted molar refractivity (Wildman–Crippen MR) is 132 cm³/mol. The van der Waals surface area contributed by atoms with E-state index in [1.165, 1.54) is 21.5 Å². The Kier molecular flexibility index (Phi) is 5.78. The number of aliphatic hydroxyl groups excluding tert-OH is 1. The molecule has 5 aromatic rings. The van der Waals surface area contributed by atoms with Gasteiger partial charge in [-0.3, -0.25) is 14.2 Å². The van der Waals surface area contributed by atoms with Crippen LogP contribution in [0, 0.1) is 0 Å². The van der Waals surface area contributed by atoms with Gasteiger partial charge in [0.05, 0.1) is 13.2 Å². The molecular weight excluding hydrogens is 446 g/mol. The number of aromatic nitrogens is 6. The molecule has 0 unspecified atom stereocenters. The van der Waals surface area contributed by atoms with Crippen molar-refractivity contribution in [2.75, 3.05) is 5.32 Å². The van der Waals surface area contributed by atoms with Crippen molar-refractivity contribution >= 4 is 22.7 Å². The van der Waals surface area contributed by atoms with Crippen molar-refractivity contribution < 1.29 is 5.11 Å². The molecule has 0 spiro atoms. The SMILES string of the molecule is C=CCn1c(=O)c2cnc(Nc3ccc(CO)cc3)nc2n1-c1cccc(-n2ccccc2=O)n1. The zero-order valence-corrected chi connectivity index (χ0v) is 18.6. The van der Waals surface area contributed by atoms with Gasteiger partial charge in [-0.25, -0.2) is 19.3 Å². The highest BCUT2D eigenvalue weighted by Gasteiger charge is 2.18. The fraction of sp³-hybridized carbons (Fsp3) is 0.0800. The molecule has 10 heteroatoms. The van der Waals surface area contributed by atoms with Gasteiger partial charge in [-0.2, -0.15) is 4.98 Å². The van der Waals surface area contributed by atoms with Crippen molar-refractivity contribution in [1.82, 2.24) is 28.9 Å². The number of fused-ring (bicyclic) bond motifs is 1. The quantitative estimate of drug-likeness (QED) is 0.353. The van der Waals surface area contributed by atoms with Crippen LogP contribution in [0.5, 0.6) is 0 Å². The van der Waals surface area contributed by atoms with Gasteiger partial charge in [0.1, 0.15) is 11.2 Å². The summed E-state index contributed by atoms with van der Waals surface area (Å²) in [5, 5.41) is 12.7. The first-order valence-electron chi connectivity index (χ1n) is 10.8. The Balaban J connectivity index is 1.65. The van der Waals surface area contributed by atoms with Crippen LogP contribution in [0.2, 0.25) is 0 Å². The normalized spacial score (nSPS) is 11.0. The van der Waals surface area contributed by atoms with Crippen LogP contribution >= 0.6 is 0 Å². The minimum absolute atomic E-state index is 0.0486. The van der Waals surface area contributed by atoms with Crippen LogP contribution in [0.25, 0.3) is 22.7 Å². The lowest BCUT2D eigenvalue weighted by atomic mass is 10.2. The van der Waals surface area contributed by atoms with Gasteiger partial charge in [0, 0.05) is 24.1 Å². The molecular formula is C25H21N7O3. The summed E-state index contributed by atoms with van der Waals surface area (Å²) in [6.45, 7) is 3.93. The average molecular weight is 467 g/mol. The third kappa shape index (κ3) is 4.13. The Bertz CT molecular complexity index is 1650. The molecule has 0 bridgehead atoms. The maximum Gasteiger partial charge on any atom is 0.278 e. The summed E-state index contributed by atoms with van der Waals surface area (Å²) in [6.07, 6.45) is 4.71. The molecule has 4 heterocycles. The number of anilines is 2. The van der Waals surface area contributed by atoms with Crippen molar-refractivity contribution in [3.8, 4) is 11.6 Å². The largest absolute Gasteiger partial charge is 0.392 e. The predicted octanol–water partition coefficient (Wildman–Crippen LogP) is 2.55. The molecule has 5 rings (SSSR count). The molecule has 0 atom stereocenters. The second kappa shape index (κ2) is 9.20. The van der Waals surface area contributed by atoms with Crippen LogP contribution in [0.4, 0.5) is 11.6 Å². The highest BCUT2D eigenvalue weighted by molar-refractivity contribution is 5.77.